The molecule has 1 aliphatic carbocycles. The summed E-state index contributed by atoms with van der Waals surface area (Å²) >= 11 is 0. The molecule has 1 aliphatic rings. The molecule has 92 valence electrons. The van der Waals surface area contributed by atoms with Crippen molar-refractivity contribution in [3.63, 3.8) is 0 Å². The van der Waals surface area contributed by atoms with E-state index in [0.717, 1.165) is 12.1 Å². The van der Waals surface area contributed by atoms with E-state index in [1.165, 1.54) is 19.3 Å². The van der Waals surface area contributed by atoms with Crippen LogP contribution in [-0.4, -0.2) is 29.5 Å². The topological polar surface area (TPSA) is 40.5 Å². The minimum atomic E-state index is -0.0851. The predicted octanol–water partition coefficient (Wildman–Crippen LogP) is 2.57. The van der Waals surface area contributed by atoms with Crippen LogP contribution in [0.4, 0.5) is 0 Å². The molecule has 1 N–H and O–H groups in total. The zero-order chi connectivity index (χ0) is 12.4. The Morgan fingerprint density at radius 1 is 1.47 bits per heavy atom. The van der Waals surface area contributed by atoms with E-state index < -0.39 is 0 Å². The van der Waals surface area contributed by atoms with Crippen LogP contribution in [0.3, 0.4) is 0 Å². The van der Waals surface area contributed by atoms with Crippen LogP contribution >= 0.6 is 0 Å². The lowest BCUT2D eigenvalue weighted by Crippen LogP contribution is -2.34. The zero-order valence-corrected chi connectivity index (χ0v) is 10.4. The Kier molecular flexibility index (Phi) is 3.36. The number of hydrogen-bond acceptors (Lipinski definition) is 2. The highest BCUT2D eigenvalue weighted by Gasteiger charge is 2.23. The van der Waals surface area contributed by atoms with Crippen molar-refractivity contribution in [3.8, 4) is 5.75 Å². The number of carbonyl (C=O) groups is 1. The van der Waals surface area contributed by atoms with Gasteiger partial charge in [0.25, 0.3) is 5.91 Å². The monoisotopic (exact) mass is 233 g/mol. The number of aryl methyl sites for hydroxylation is 1. The second-order valence-electron chi connectivity index (χ2n) is 5.00. The van der Waals surface area contributed by atoms with Gasteiger partial charge in [-0.05, 0) is 37.8 Å². The van der Waals surface area contributed by atoms with Crippen LogP contribution in [0.25, 0.3) is 0 Å². The number of amides is 1. The van der Waals surface area contributed by atoms with Crippen LogP contribution in [0.5, 0.6) is 5.75 Å². The van der Waals surface area contributed by atoms with Crippen molar-refractivity contribution in [1.29, 1.82) is 0 Å². The minimum absolute atomic E-state index is 0.0704. The number of phenols is 1. The molecule has 1 saturated carbocycles. The van der Waals surface area contributed by atoms with Gasteiger partial charge in [0.2, 0.25) is 0 Å². The maximum atomic E-state index is 12.2. The molecule has 0 aromatic heterocycles. The van der Waals surface area contributed by atoms with Crippen molar-refractivity contribution in [1.82, 2.24) is 4.90 Å². The molecule has 1 aromatic carbocycles. The molecule has 1 aromatic rings. The van der Waals surface area contributed by atoms with Crippen molar-refractivity contribution in [2.75, 3.05) is 13.6 Å². The van der Waals surface area contributed by atoms with Gasteiger partial charge in [-0.25, -0.2) is 0 Å². The number of nitrogens with zero attached hydrogens (tertiary/aromatic N) is 1. The summed E-state index contributed by atoms with van der Waals surface area (Å²) < 4.78 is 0. The van der Waals surface area contributed by atoms with Gasteiger partial charge in [-0.1, -0.05) is 18.1 Å². The Morgan fingerprint density at radius 2 is 2.18 bits per heavy atom. The molecule has 0 heterocycles. The van der Waals surface area contributed by atoms with Gasteiger partial charge >= 0.3 is 0 Å². The number of aromatic hydroxyl groups is 1. The van der Waals surface area contributed by atoms with E-state index in [1.807, 2.05) is 14.0 Å². The summed E-state index contributed by atoms with van der Waals surface area (Å²) in [5.74, 6) is 0.634. The number of phenolic OH excluding ortho intramolecular Hbond substituents is 1. The summed E-state index contributed by atoms with van der Waals surface area (Å²) in [7, 11) is 1.81. The molecule has 17 heavy (non-hydrogen) atoms. The summed E-state index contributed by atoms with van der Waals surface area (Å²) in [6.07, 6.45) is 3.72. The Labute approximate surface area is 102 Å². The van der Waals surface area contributed by atoms with E-state index in [-0.39, 0.29) is 11.7 Å². The van der Waals surface area contributed by atoms with Gasteiger partial charge in [0.05, 0.1) is 5.56 Å². The fraction of sp³-hybridized carbons (Fsp3) is 0.500. The molecule has 3 heteroatoms. The fourth-order valence-electron chi connectivity index (χ4n) is 2.17. The lowest BCUT2D eigenvalue weighted by molar-refractivity contribution is 0.0742. The molecule has 1 amide bonds. The Morgan fingerprint density at radius 3 is 2.76 bits per heavy atom. The maximum absolute atomic E-state index is 12.2. The Hall–Kier alpha value is -1.51. The SMILES string of the molecule is Cc1ccc(O)c(C(=O)N(C)CC2CCC2)c1. The van der Waals surface area contributed by atoms with Crippen LogP contribution in [0.15, 0.2) is 18.2 Å². The van der Waals surface area contributed by atoms with Crippen LogP contribution in [0.2, 0.25) is 0 Å². The fourth-order valence-corrected chi connectivity index (χ4v) is 2.17. The number of hydrogen-bond donors (Lipinski definition) is 1. The molecule has 3 nitrogen and oxygen atoms in total. The highest BCUT2D eigenvalue weighted by atomic mass is 16.3. The van der Waals surface area contributed by atoms with Gasteiger partial charge in [0.15, 0.2) is 0 Å². The van der Waals surface area contributed by atoms with Gasteiger partial charge in [0.1, 0.15) is 5.75 Å². The van der Waals surface area contributed by atoms with Crippen molar-refractivity contribution >= 4 is 5.91 Å². The van der Waals surface area contributed by atoms with E-state index in [4.69, 9.17) is 0 Å². The summed E-state index contributed by atoms with van der Waals surface area (Å²) in [6.45, 7) is 2.72. The molecular formula is C14H19NO2. The first-order valence-electron chi connectivity index (χ1n) is 6.13. The van der Waals surface area contributed by atoms with Gasteiger partial charge in [0, 0.05) is 13.6 Å². The maximum Gasteiger partial charge on any atom is 0.257 e. The number of rotatable bonds is 3. The van der Waals surface area contributed by atoms with Crippen molar-refractivity contribution < 1.29 is 9.90 Å². The van der Waals surface area contributed by atoms with Crippen molar-refractivity contribution in [2.45, 2.75) is 26.2 Å². The van der Waals surface area contributed by atoms with E-state index in [9.17, 15) is 9.90 Å². The predicted molar refractivity (Wildman–Crippen MR) is 67.1 cm³/mol. The molecule has 0 bridgehead atoms. The average molecular weight is 233 g/mol. The van der Waals surface area contributed by atoms with Crippen LogP contribution < -0.4 is 0 Å². The first kappa shape index (κ1) is 12.0. The lowest BCUT2D eigenvalue weighted by atomic mass is 9.85. The highest BCUT2D eigenvalue weighted by molar-refractivity contribution is 5.96. The summed E-state index contributed by atoms with van der Waals surface area (Å²) in [6, 6.07) is 5.13. The third-order valence-electron chi connectivity index (χ3n) is 3.49. The third-order valence-corrected chi connectivity index (χ3v) is 3.49. The standard InChI is InChI=1S/C14H19NO2/c1-10-6-7-13(16)12(8-10)14(17)15(2)9-11-4-3-5-11/h6-8,11,16H,3-5,9H2,1-2H3. The van der Waals surface area contributed by atoms with E-state index in [0.29, 0.717) is 11.5 Å². The summed E-state index contributed by atoms with van der Waals surface area (Å²) in [4.78, 5) is 13.9. The lowest BCUT2D eigenvalue weighted by Gasteiger charge is -2.30. The van der Waals surface area contributed by atoms with Crippen molar-refractivity contribution in [3.05, 3.63) is 29.3 Å². The molecule has 0 spiro atoms. The average Bonchev–Trinajstić information content (AvgIpc) is 2.25. The quantitative estimate of drug-likeness (QED) is 0.871. The molecule has 2 rings (SSSR count). The largest absolute Gasteiger partial charge is 0.507 e. The minimum Gasteiger partial charge on any atom is -0.507 e. The highest BCUT2D eigenvalue weighted by Crippen LogP contribution is 2.28. The Balaban J connectivity index is 2.09. The van der Waals surface area contributed by atoms with E-state index in [1.54, 1.807) is 23.1 Å². The van der Waals surface area contributed by atoms with Crippen molar-refractivity contribution in [2.24, 2.45) is 5.92 Å². The van der Waals surface area contributed by atoms with E-state index >= 15 is 0 Å². The first-order chi connectivity index (χ1) is 8.08. The second-order valence-corrected chi connectivity index (χ2v) is 5.00. The van der Waals surface area contributed by atoms with E-state index in [2.05, 4.69) is 0 Å². The zero-order valence-electron chi connectivity index (χ0n) is 10.4. The van der Waals surface area contributed by atoms with Gasteiger partial charge < -0.3 is 10.0 Å². The third kappa shape index (κ3) is 2.60. The molecule has 0 radical (unpaired) electrons. The smallest absolute Gasteiger partial charge is 0.257 e. The first-order valence-corrected chi connectivity index (χ1v) is 6.13. The van der Waals surface area contributed by atoms with Crippen LogP contribution in [0.1, 0.15) is 35.2 Å². The van der Waals surface area contributed by atoms with Gasteiger partial charge in [-0.15, -0.1) is 0 Å². The molecule has 0 unspecified atom stereocenters. The Bertz CT molecular complexity index is 424. The molecule has 0 saturated heterocycles. The van der Waals surface area contributed by atoms with Gasteiger partial charge in [-0.2, -0.15) is 0 Å². The van der Waals surface area contributed by atoms with Crippen LogP contribution in [0, 0.1) is 12.8 Å². The normalized spacial score (nSPS) is 15.4. The molecular weight excluding hydrogens is 214 g/mol. The molecule has 1 fully saturated rings. The summed E-state index contributed by atoms with van der Waals surface area (Å²) in [5.41, 5.74) is 1.40. The molecule has 0 aliphatic heterocycles. The van der Waals surface area contributed by atoms with Crippen LogP contribution in [-0.2, 0) is 0 Å². The second kappa shape index (κ2) is 4.78. The summed E-state index contributed by atoms with van der Waals surface area (Å²) in [5, 5.41) is 9.71. The van der Waals surface area contributed by atoms with Gasteiger partial charge in [-0.3, -0.25) is 4.79 Å². The number of benzene rings is 1. The number of carbonyl (C=O) groups excluding carboxylic acids is 1. The molecule has 0 atom stereocenters.